The van der Waals surface area contributed by atoms with Crippen LogP contribution in [-0.4, -0.2) is 23.6 Å². The van der Waals surface area contributed by atoms with Gasteiger partial charge in [-0.05, 0) is 51.0 Å². The van der Waals surface area contributed by atoms with Crippen molar-refractivity contribution < 1.29 is 14.3 Å². The molecule has 1 rings (SSSR count). The van der Waals surface area contributed by atoms with Gasteiger partial charge in [0.2, 0.25) is 5.91 Å². The van der Waals surface area contributed by atoms with Crippen LogP contribution in [0.25, 0.3) is 0 Å². The van der Waals surface area contributed by atoms with Gasteiger partial charge in [-0.15, -0.1) is 6.42 Å². The number of carbonyl (C=O) groups is 2. The molecule has 0 saturated heterocycles. The summed E-state index contributed by atoms with van der Waals surface area (Å²) in [7, 11) is 0. The number of carbonyl (C=O) groups excluding carboxylic acids is 2. The van der Waals surface area contributed by atoms with Crippen molar-refractivity contribution in [2.24, 2.45) is 5.92 Å². The summed E-state index contributed by atoms with van der Waals surface area (Å²) in [5.41, 5.74) is 0.730. The van der Waals surface area contributed by atoms with Gasteiger partial charge in [-0.1, -0.05) is 19.8 Å². The average molecular weight is 316 g/mol. The second-order valence-corrected chi connectivity index (χ2v) is 6.58. The summed E-state index contributed by atoms with van der Waals surface area (Å²) < 4.78 is 5.20. The predicted octanol–water partition coefficient (Wildman–Crippen LogP) is 3.16. The summed E-state index contributed by atoms with van der Waals surface area (Å²) in [6, 6.07) is 6.22. The highest BCUT2D eigenvalue weighted by Gasteiger charge is 2.26. The summed E-state index contributed by atoms with van der Waals surface area (Å²) >= 11 is 0. The van der Waals surface area contributed by atoms with Crippen molar-refractivity contribution in [1.29, 1.82) is 0 Å². The number of nitrogens with one attached hydrogen (secondary N) is 2. The lowest BCUT2D eigenvalue weighted by molar-refractivity contribution is -0.119. The maximum absolute atomic E-state index is 12.4. The standard InChI is InChI=1S/C18H24N2O3/c1-7-13-8-10-14(11-9-13)19-16(21)15(12(2)3)20-17(22)23-18(4,5)6/h1,8-12,15H,2-6H3,(H,19,21)(H,20,22)/t15-/m0/s1. The maximum atomic E-state index is 12.4. The van der Waals surface area contributed by atoms with Crippen LogP contribution in [0.3, 0.4) is 0 Å². The van der Waals surface area contributed by atoms with E-state index in [-0.39, 0.29) is 11.8 Å². The molecular weight excluding hydrogens is 292 g/mol. The Hall–Kier alpha value is -2.48. The molecule has 2 N–H and O–H groups in total. The van der Waals surface area contributed by atoms with Crippen LogP contribution in [0.2, 0.25) is 0 Å². The van der Waals surface area contributed by atoms with Gasteiger partial charge in [0.15, 0.2) is 0 Å². The van der Waals surface area contributed by atoms with Crippen molar-refractivity contribution in [2.75, 3.05) is 5.32 Å². The van der Waals surface area contributed by atoms with Crippen molar-refractivity contribution in [2.45, 2.75) is 46.3 Å². The third-order valence-corrected chi connectivity index (χ3v) is 2.94. The van der Waals surface area contributed by atoms with E-state index in [2.05, 4.69) is 16.6 Å². The minimum atomic E-state index is -0.697. The third-order valence-electron chi connectivity index (χ3n) is 2.94. The van der Waals surface area contributed by atoms with Crippen LogP contribution in [-0.2, 0) is 9.53 Å². The van der Waals surface area contributed by atoms with Crippen LogP contribution in [0.1, 0.15) is 40.2 Å². The molecule has 1 aromatic rings. The Morgan fingerprint density at radius 2 is 1.74 bits per heavy atom. The van der Waals surface area contributed by atoms with E-state index < -0.39 is 17.7 Å². The Morgan fingerprint density at radius 1 is 1.17 bits per heavy atom. The third kappa shape index (κ3) is 6.43. The Morgan fingerprint density at radius 3 is 2.17 bits per heavy atom. The number of amides is 2. The van der Waals surface area contributed by atoms with E-state index >= 15 is 0 Å². The van der Waals surface area contributed by atoms with Crippen LogP contribution in [0, 0.1) is 18.3 Å². The molecule has 0 saturated carbocycles. The first kappa shape index (κ1) is 18.6. The summed E-state index contributed by atoms with van der Waals surface area (Å²) in [6.45, 7) is 9.00. The molecule has 0 aliphatic heterocycles. The monoisotopic (exact) mass is 316 g/mol. The smallest absolute Gasteiger partial charge is 0.408 e. The molecule has 0 unspecified atom stereocenters. The molecule has 0 spiro atoms. The van der Waals surface area contributed by atoms with Crippen LogP contribution in [0.5, 0.6) is 0 Å². The number of rotatable bonds is 4. The lowest BCUT2D eigenvalue weighted by Crippen LogP contribution is -2.48. The Labute approximate surface area is 137 Å². The Balaban J connectivity index is 2.74. The van der Waals surface area contributed by atoms with Crippen LogP contribution in [0.4, 0.5) is 10.5 Å². The fraction of sp³-hybridized carbons (Fsp3) is 0.444. The second kappa shape index (κ2) is 7.68. The van der Waals surface area contributed by atoms with Crippen molar-refractivity contribution in [3.63, 3.8) is 0 Å². The molecule has 0 aromatic heterocycles. The molecule has 5 nitrogen and oxygen atoms in total. The van der Waals surface area contributed by atoms with Gasteiger partial charge < -0.3 is 15.4 Å². The highest BCUT2D eigenvalue weighted by atomic mass is 16.6. The number of ether oxygens (including phenoxy) is 1. The number of hydrogen-bond acceptors (Lipinski definition) is 3. The van der Waals surface area contributed by atoms with E-state index in [4.69, 9.17) is 11.2 Å². The van der Waals surface area contributed by atoms with Crippen molar-refractivity contribution in [3.05, 3.63) is 29.8 Å². The summed E-state index contributed by atoms with van der Waals surface area (Å²) in [5, 5.41) is 5.38. The van der Waals surface area contributed by atoms with Crippen molar-refractivity contribution >= 4 is 17.7 Å². The number of alkyl carbamates (subject to hydrolysis) is 1. The molecule has 0 aliphatic carbocycles. The van der Waals surface area contributed by atoms with Crippen LogP contribution < -0.4 is 10.6 Å². The van der Waals surface area contributed by atoms with Gasteiger partial charge in [0.25, 0.3) is 0 Å². The van der Waals surface area contributed by atoms with E-state index in [0.29, 0.717) is 5.69 Å². The molecule has 0 radical (unpaired) electrons. The lowest BCUT2D eigenvalue weighted by atomic mass is 10.0. The SMILES string of the molecule is C#Cc1ccc(NC(=O)[C@@H](NC(=O)OC(C)(C)C)C(C)C)cc1. The molecule has 1 aromatic carbocycles. The summed E-state index contributed by atoms with van der Waals surface area (Å²) in [6.07, 6.45) is 4.68. The van der Waals surface area contributed by atoms with E-state index in [1.807, 2.05) is 13.8 Å². The zero-order valence-corrected chi connectivity index (χ0v) is 14.3. The Bertz CT molecular complexity index is 592. The first-order valence-corrected chi connectivity index (χ1v) is 7.49. The van der Waals surface area contributed by atoms with Crippen LogP contribution >= 0.6 is 0 Å². The van der Waals surface area contributed by atoms with Gasteiger partial charge in [0.05, 0.1) is 0 Å². The van der Waals surface area contributed by atoms with E-state index in [1.54, 1.807) is 45.0 Å². The highest BCUT2D eigenvalue weighted by Crippen LogP contribution is 2.12. The van der Waals surface area contributed by atoms with Gasteiger partial charge in [-0.25, -0.2) is 4.79 Å². The zero-order valence-electron chi connectivity index (χ0n) is 14.3. The predicted molar refractivity (Wildman–Crippen MR) is 91.0 cm³/mol. The minimum absolute atomic E-state index is 0.0903. The van der Waals surface area contributed by atoms with Gasteiger partial charge in [0.1, 0.15) is 11.6 Å². The first-order chi connectivity index (χ1) is 10.6. The average Bonchev–Trinajstić information content (AvgIpc) is 2.43. The summed E-state index contributed by atoms with van der Waals surface area (Å²) in [4.78, 5) is 24.3. The van der Waals surface area contributed by atoms with Crippen molar-refractivity contribution in [1.82, 2.24) is 5.32 Å². The Kier molecular flexibility index (Phi) is 6.20. The van der Waals surface area contributed by atoms with E-state index in [0.717, 1.165) is 5.56 Å². The van der Waals surface area contributed by atoms with Crippen LogP contribution in [0.15, 0.2) is 24.3 Å². The number of terminal acetylenes is 1. The molecule has 5 heteroatoms. The number of hydrogen-bond donors (Lipinski definition) is 2. The largest absolute Gasteiger partial charge is 0.444 e. The summed E-state index contributed by atoms with van der Waals surface area (Å²) in [5.74, 6) is 2.11. The molecule has 124 valence electrons. The van der Waals surface area contributed by atoms with E-state index in [1.165, 1.54) is 0 Å². The van der Waals surface area contributed by atoms with Crippen molar-refractivity contribution in [3.8, 4) is 12.3 Å². The molecule has 23 heavy (non-hydrogen) atoms. The molecule has 0 bridgehead atoms. The second-order valence-electron chi connectivity index (χ2n) is 6.58. The minimum Gasteiger partial charge on any atom is -0.444 e. The van der Waals surface area contributed by atoms with E-state index in [9.17, 15) is 9.59 Å². The number of anilines is 1. The van der Waals surface area contributed by atoms with Gasteiger partial charge in [-0.2, -0.15) is 0 Å². The molecule has 0 fully saturated rings. The van der Waals surface area contributed by atoms with Gasteiger partial charge >= 0.3 is 6.09 Å². The molecular formula is C18H24N2O3. The molecule has 1 atom stereocenters. The maximum Gasteiger partial charge on any atom is 0.408 e. The highest BCUT2D eigenvalue weighted by molar-refractivity contribution is 5.96. The fourth-order valence-corrected chi connectivity index (χ4v) is 1.84. The molecule has 2 amide bonds. The topological polar surface area (TPSA) is 67.4 Å². The van der Waals surface area contributed by atoms with Gasteiger partial charge in [-0.3, -0.25) is 4.79 Å². The quantitative estimate of drug-likeness (QED) is 0.839. The lowest BCUT2D eigenvalue weighted by Gasteiger charge is -2.25. The zero-order chi connectivity index (χ0) is 17.6. The molecule has 0 heterocycles. The first-order valence-electron chi connectivity index (χ1n) is 7.49. The number of benzene rings is 1. The normalized spacial score (nSPS) is 12.2. The fourth-order valence-electron chi connectivity index (χ4n) is 1.84. The molecule has 0 aliphatic rings. The van der Waals surface area contributed by atoms with Gasteiger partial charge in [0, 0.05) is 11.3 Å².